The number of morpholine rings is 1. The predicted octanol–water partition coefficient (Wildman–Crippen LogP) is 1.98. The molecule has 2 heterocycles. The number of carbonyl (C=O) groups is 1. The third kappa shape index (κ3) is 3.94. The van der Waals surface area contributed by atoms with Crippen molar-refractivity contribution in [2.24, 2.45) is 0 Å². The standard InChI is InChI=1S/C19H24N4O3/c1-13-10-17(20-2)22-19(21-13)15-12-26-9-8-23(15)18(24)11-14-6-4-5-7-16(14)25-3/h4-7,10,15H,8-9,11-12H2,1-3H3,(H,20,21,22). The molecule has 0 bridgehead atoms. The summed E-state index contributed by atoms with van der Waals surface area (Å²) in [5.74, 6) is 2.06. The topological polar surface area (TPSA) is 76.6 Å². The first-order valence-electron chi connectivity index (χ1n) is 8.65. The first-order valence-corrected chi connectivity index (χ1v) is 8.65. The summed E-state index contributed by atoms with van der Waals surface area (Å²) in [6.45, 7) is 3.34. The van der Waals surface area contributed by atoms with Crippen molar-refractivity contribution >= 4 is 11.7 Å². The van der Waals surface area contributed by atoms with Gasteiger partial charge in [-0.25, -0.2) is 9.97 Å². The highest BCUT2D eigenvalue weighted by atomic mass is 16.5. The Kier molecular flexibility index (Phi) is 5.68. The van der Waals surface area contributed by atoms with E-state index in [4.69, 9.17) is 9.47 Å². The van der Waals surface area contributed by atoms with E-state index in [0.29, 0.717) is 25.6 Å². The molecule has 1 atom stereocenters. The summed E-state index contributed by atoms with van der Waals surface area (Å²) in [4.78, 5) is 23.9. The minimum Gasteiger partial charge on any atom is -0.496 e. The van der Waals surface area contributed by atoms with Crippen LogP contribution in [0.4, 0.5) is 5.82 Å². The Labute approximate surface area is 153 Å². The van der Waals surface area contributed by atoms with Crippen LogP contribution in [-0.4, -0.2) is 54.7 Å². The number of rotatable bonds is 5. The van der Waals surface area contributed by atoms with Crippen molar-refractivity contribution in [2.75, 3.05) is 39.2 Å². The van der Waals surface area contributed by atoms with Crippen molar-refractivity contribution in [3.8, 4) is 5.75 Å². The van der Waals surface area contributed by atoms with E-state index in [1.165, 1.54) is 0 Å². The number of hydrogen-bond acceptors (Lipinski definition) is 6. The minimum absolute atomic E-state index is 0.0129. The van der Waals surface area contributed by atoms with Gasteiger partial charge < -0.3 is 19.7 Å². The Bertz CT molecular complexity index is 781. The molecule has 1 N–H and O–H groups in total. The summed E-state index contributed by atoms with van der Waals surface area (Å²) in [6.07, 6.45) is 0.269. The maximum Gasteiger partial charge on any atom is 0.227 e. The number of nitrogens with zero attached hydrogens (tertiary/aromatic N) is 3. The number of amides is 1. The Balaban J connectivity index is 1.84. The molecule has 7 nitrogen and oxygen atoms in total. The van der Waals surface area contributed by atoms with Gasteiger partial charge in [0.05, 0.1) is 26.7 Å². The number of ether oxygens (including phenoxy) is 2. The van der Waals surface area contributed by atoms with E-state index in [9.17, 15) is 4.79 Å². The molecule has 1 aromatic heterocycles. The number of nitrogens with one attached hydrogen (secondary N) is 1. The van der Waals surface area contributed by atoms with Crippen LogP contribution in [-0.2, 0) is 16.0 Å². The largest absolute Gasteiger partial charge is 0.496 e. The second-order valence-corrected chi connectivity index (χ2v) is 6.17. The quantitative estimate of drug-likeness (QED) is 0.883. The lowest BCUT2D eigenvalue weighted by atomic mass is 10.1. The van der Waals surface area contributed by atoms with Crippen LogP contribution in [0.1, 0.15) is 23.1 Å². The van der Waals surface area contributed by atoms with Gasteiger partial charge in [0, 0.05) is 30.9 Å². The van der Waals surface area contributed by atoms with E-state index in [1.807, 2.05) is 49.2 Å². The van der Waals surface area contributed by atoms with Crippen LogP contribution in [0.3, 0.4) is 0 Å². The molecule has 0 saturated carbocycles. The number of methoxy groups -OCH3 is 1. The van der Waals surface area contributed by atoms with E-state index in [1.54, 1.807) is 7.11 Å². The Morgan fingerprint density at radius 2 is 2.19 bits per heavy atom. The number of benzene rings is 1. The summed E-state index contributed by atoms with van der Waals surface area (Å²) in [7, 11) is 3.42. The summed E-state index contributed by atoms with van der Waals surface area (Å²) in [5.41, 5.74) is 1.72. The summed E-state index contributed by atoms with van der Waals surface area (Å²) in [5, 5.41) is 3.03. The maximum absolute atomic E-state index is 13.0. The van der Waals surface area contributed by atoms with Crippen LogP contribution < -0.4 is 10.1 Å². The van der Waals surface area contributed by atoms with E-state index < -0.39 is 0 Å². The molecule has 0 aliphatic carbocycles. The van der Waals surface area contributed by atoms with Gasteiger partial charge in [-0.1, -0.05) is 18.2 Å². The normalized spacial score (nSPS) is 17.0. The molecule has 3 rings (SSSR count). The lowest BCUT2D eigenvalue weighted by Gasteiger charge is -2.35. The number of aromatic nitrogens is 2. The van der Waals surface area contributed by atoms with Gasteiger partial charge in [0.15, 0.2) is 5.82 Å². The fourth-order valence-corrected chi connectivity index (χ4v) is 3.10. The fraction of sp³-hybridized carbons (Fsp3) is 0.421. The lowest BCUT2D eigenvalue weighted by molar-refractivity contribution is -0.139. The molecule has 0 radical (unpaired) electrons. The zero-order chi connectivity index (χ0) is 18.5. The molecule has 7 heteroatoms. The molecule has 1 amide bonds. The zero-order valence-electron chi connectivity index (χ0n) is 15.4. The predicted molar refractivity (Wildman–Crippen MR) is 98.3 cm³/mol. The molecule has 2 aromatic rings. The molecule has 1 aromatic carbocycles. The van der Waals surface area contributed by atoms with Gasteiger partial charge in [-0.15, -0.1) is 0 Å². The minimum atomic E-state index is -0.294. The van der Waals surface area contributed by atoms with Gasteiger partial charge in [-0.2, -0.15) is 0 Å². The molecular formula is C19H24N4O3. The van der Waals surface area contributed by atoms with Crippen molar-refractivity contribution < 1.29 is 14.3 Å². The van der Waals surface area contributed by atoms with Crippen LogP contribution in [0.15, 0.2) is 30.3 Å². The van der Waals surface area contributed by atoms with Gasteiger partial charge in [0.25, 0.3) is 0 Å². The monoisotopic (exact) mass is 356 g/mol. The number of aryl methyl sites for hydroxylation is 1. The van der Waals surface area contributed by atoms with Gasteiger partial charge in [-0.05, 0) is 13.0 Å². The number of para-hydroxylation sites is 1. The zero-order valence-corrected chi connectivity index (χ0v) is 15.4. The van der Waals surface area contributed by atoms with Crippen molar-refractivity contribution in [3.63, 3.8) is 0 Å². The number of carbonyl (C=O) groups excluding carboxylic acids is 1. The fourth-order valence-electron chi connectivity index (χ4n) is 3.10. The van der Waals surface area contributed by atoms with Crippen LogP contribution in [0.5, 0.6) is 5.75 Å². The number of anilines is 1. The average Bonchev–Trinajstić information content (AvgIpc) is 2.67. The molecular weight excluding hydrogens is 332 g/mol. The molecule has 1 aliphatic rings. The Morgan fingerprint density at radius 3 is 2.96 bits per heavy atom. The summed E-state index contributed by atoms with van der Waals surface area (Å²) < 4.78 is 11.0. The molecule has 1 saturated heterocycles. The maximum atomic E-state index is 13.0. The molecule has 138 valence electrons. The lowest BCUT2D eigenvalue weighted by Crippen LogP contribution is -2.44. The van der Waals surface area contributed by atoms with E-state index in [2.05, 4.69) is 15.3 Å². The van der Waals surface area contributed by atoms with Crippen LogP contribution >= 0.6 is 0 Å². The van der Waals surface area contributed by atoms with Crippen molar-refractivity contribution in [3.05, 3.63) is 47.4 Å². The highest BCUT2D eigenvalue weighted by Gasteiger charge is 2.31. The first kappa shape index (κ1) is 18.1. The van der Waals surface area contributed by atoms with Gasteiger partial charge in [0.2, 0.25) is 5.91 Å². The molecule has 26 heavy (non-hydrogen) atoms. The second kappa shape index (κ2) is 8.14. The van der Waals surface area contributed by atoms with Crippen molar-refractivity contribution in [1.82, 2.24) is 14.9 Å². The molecule has 1 unspecified atom stereocenters. The van der Waals surface area contributed by atoms with Crippen molar-refractivity contribution in [1.29, 1.82) is 0 Å². The van der Waals surface area contributed by atoms with Crippen LogP contribution in [0.2, 0.25) is 0 Å². The van der Waals surface area contributed by atoms with E-state index in [-0.39, 0.29) is 18.4 Å². The van der Waals surface area contributed by atoms with Gasteiger partial charge >= 0.3 is 0 Å². The average molecular weight is 356 g/mol. The third-order valence-corrected chi connectivity index (χ3v) is 4.41. The summed E-state index contributed by atoms with van der Waals surface area (Å²) >= 11 is 0. The molecule has 0 spiro atoms. The van der Waals surface area contributed by atoms with E-state index >= 15 is 0 Å². The first-order chi connectivity index (χ1) is 12.6. The smallest absolute Gasteiger partial charge is 0.227 e. The van der Waals surface area contributed by atoms with Crippen molar-refractivity contribution in [2.45, 2.75) is 19.4 Å². The summed E-state index contributed by atoms with van der Waals surface area (Å²) in [6, 6.07) is 9.15. The van der Waals surface area contributed by atoms with Gasteiger partial charge in [0.1, 0.15) is 17.6 Å². The van der Waals surface area contributed by atoms with E-state index in [0.717, 1.165) is 22.8 Å². The second-order valence-electron chi connectivity index (χ2n) is 6.17. The van der Waals surface area contributed by atoms with Crippen LogP contribution in [0, 0.1) is 6.92 Å². The number of hydrogen-bond donors (Lipinski definition) is 1. The highest BCUT2D eigenvalue weighted by molar-refractivity contribution is 5.80. The molecule has 1 fully saturated rings. The Morgan fingerprint density at radius 1 is 1.38 bits per heavy atom. The molecule has 1 aliphatic heterocycles. The highest BCUT2D eigenvalue weighted by Crippen LogP contribution is 2.25. The van der Waals surface area contributed by atoms with Gasteiger partial charge in [-0.3, -0.25) is 4.79 Å². The third-order valence-electron chi connectivity index (χ3n) is 4.41. The SMILES string of the molecule is CNc1cc(C)nc(C2COCCN2C(=O)Cc2ccccc2OC)n1. The Hall–Kier alpha value is -2.67. The van der Waals surface area contributed by atoms with Crippen LogP contribution in [0.25, 0.3) is 0 Å².